The molecule has 0 bridgehead atoms. The minimum atomic E-state index is -0.343. The van der Waals surface area contributed by atoms with E-state index in [4.69, 9.17) is 11.6 Å². The van der Waals surface area contributed by atoms with Crippen molar-refractivity contribution in [2.75, 3.05) is 5.32 Å². The molecule has 0 spiro atoms. The fourth-order valence-corrected chi connectivity index (χ4v) is 3.22. The first-order valence-corrected chi connectivity index (χ1v) is 8.74. The molecule has 3 heterocycles. The number of carbonyl (C=O) groups is 1. The topological polar surface area (TPSA) is 72.7 Å². The number of amides is 1. The van der Waals surface area contributed by atoms with E-state index >= 15 is 0 Å². The van der Waals surface area contributed by atoms with E-state index in [1.54, 1.807) is 29.2 Å². The minimum Gasteiger partial charge on any atom is -0.320 e. The summed E-state index contributed by atoms with van der Waals surface area (Å²) in [5.41, 5.74) is 4.24. The van der Waals surface area contributed by atoms with Gasteiger partial charge < -0.3 is 5.32 Å². The molecule has 0 aliphatic rings. The number of halogens is 1. The Hall–Kier alpha value is -3.25. The molecule has 4 rings (SSSR count). The fourth-order valence-electron chi connectivity index (χ4n) is 2.87. The molecule has 1 aromatic carbocycles. The second kappa shape index (κ2) is 6.81. The molecule has 0 fully saturated rings. The van der Waals surface area contributed by atoms with Crippen LogP contribution in [0.2, 0.25) is 5.02 Å². The highest BCUT2D eigenvalue weighted by Crippen LogP contribution is 2.30. The van der Waals surface area contributed by atoms with E-state index in [2.05, 4.69) is 20.4 Å². The zero-order chi connectivity index (χ0) is 19.0. The van der Waals surface area contributed by atoms with Crippen LogP contribution in [0.1, 0.15) is 21.6 Å². The van der Waals surface area contributed by atoms with E-state index in [-0.39, 0.29) is 5.91 Å². The second-order valence-corrected chi connectivity index (χ2v) is 6.59. The van der Waals surface area contributed by atoms with Gasteiger partial charge in [-0.05, 0) is 38.1 Å². The predicted molar refractivity (Wildman–Crippen MR) is 106 cm³/mol. The van der Waals surface area contributed by atoms with Crippen molar-refractivity contribution in [1.82, 2.24) is 19.7 Å². The second-order valence-electron chi connectivity index (χ2n) is 6.21. The average Bonchev–Trinajstić information content (AvgIpc) is 3.01. The first-order chi connectivity index (χ1) is 13.0. The number of fused-ring (bicyclic) bond motifs is 1. The normalized spacial score (nSPS) is 10.9. The van der Waals surface area contributed by atoms with Gasteiger partial charge in [-0.25, -0.2) is 9.67 Å². The van der Waals surface area contributed by atoms with Gasteiger partial charge >= 0.3 is 0 Å². The highest BCUT2D eigenvalue weighted by atomic mass is 35.5. The average molecular weight is 378 g/mol. The van der Waals surface area contributed by atoms with Crippen LogP contribution in [-0.4, -0.2) is 25.7 Å². The number of benzene rings is 1. The highest BCUT2D eigenvalue weighted by molar-refractivity contribution is 6.39. The Bertz CT molecular complexity index is 1140. The van der Waals surface area contributed by atoms with E-state index in [0.717, 1.165) is 11.3 Å². The molecular formula is C20H16ClN5O. The number of anilines is 1. The summed E-state index contributed by atoms with van der Waals surface area (Å²) in [6, 6.07) is 11.5. The fraction of sp³-hybridized carbons (Fsp3) is 0.100. The van der Waals surface area contributed by atoms with Crippen molar-refractivity contribution in [1.29, 1.82) is 0 Å². The summed E-state index contributed by atoms with van der Waals surface area (Å²) in [5, 5.41) is 8.33. The maximum absolute atomic E-state index is 12.6. The Morgan fingerprint density at radius 3 is 2.59 bits per heavy atom. The van der Waals surface area contributed by atoms with Crippen molar-refractivity contribution in [2.24, 2.45) is 0 Å². The zero-order valence-corrected chi connectivity index (χ0v) is 15.5. The molecule has 0 unspecified atom stereocenters. The molecule has 0 aliphatic heterocycles. The molecule has 134 valence electrons. The first-order valence-electron chi connectivity index (χ1n) is 8.37. The molecule has 1 N–H and O–H groups in total. The Morgan fingerprint density at radius 2 is 1.89 bits per heavy atom. The number of pyridine rings is 2. The van der Waals surface area contributed by atoms with Gasteiger partial charge in [0.25, 0.3) is 5.91 Å². The molecule has 0 radical (unpaired) electrons. The summed E-state index contributed by atoms with van der Waals surface area (Å²) in [6.07, 6.45) is 4.68. The van der Waals surface area contributed by atoms with Crippen LogP contribution in [0.25, 0.3) is 16.7 Å². The lowest BCUT2D eigenvalue weighted by Crippen LogP contribution is -2.13. The molecule has 0 atom stereocenters. The van der Waals surface area contributed by atoms with Crippen molar-refractivity contribution in [3.63, 3.8) is 0 Å². The number of aryl methyl sites for hydroxylation is 2. The third kappa shape index (κ3) is 3.15. The number of aromatic nitrogens is 4. The van der Waals surface area contributed by atoms with Gasteiger partial charge in [0.05, 0.1) is 39.2 Å². The van der Waals surface area contributed by atoms with Crippen molar-refractivity contribution in [3.8, 4) is 5.69 Å². The van der Waals surface area contributed by atoms with Gasteiger partial charge in [-0.3, -0.25) is 9.78 Å². The number of carbonyl (C=O) groups excluding carboxylic acids is 1. The van der Waals surface area contributed by atoms with Gasteiger partial charge in [-0.1, -0.05) is 29.3 Å². The third-order valence-electron chi connectivity index (χ3n) is 4.25. The van der Waals surface area contributed by atoms with E-state index in [9.17, 15) is 4.79 Å². The molecule has 4 aromatic rings. The summed E-state index contributed by atoms with van der Waals surface area (Å²) in [6.45, 7) is 3.88. The molecule has 0 saturated carbocycles. The quantitative estimate of drug-likeness (QED) is 0.576. The summed E-state index contributed by atoms with van der Waals surface area (Å²) in [4.78, 5) is 21.1. The van der Waals surface area contributed by atoms with Crippen LogP contribution in [0.15, 0.2) is 55.0 Å². The van der Waals surface area contributed by atoms with Crippen LogP contribution in [0.4, 0.5) is 5.69 Å². The Kier molecular flexibility index (Phi) is 4.33. The van der Waals surface area contributed by atoms with Gasteiger partial charge in [0.15, 0.2) is 5.65 Å². The minimum absolute atomic E-state index is 0.291. The zero-order valence-electron chi connectivity index (χ0n) is 14.8. The monoisotopic (exact) mass is 377 g/mol. The van der Waals surface area contributed by atoms with Crippen LogP contribution in [0.3, 0.4) is 0 Å². The van der Waals surface area contributed by atoms with Gasteiger partial charge in [-0.15, -0.1) is 0 Å². The molecule has 1 amide bonds. The number of rotatable bonds is 3. The smallest absolute Gasteiger partial charge is 0.258 e. The standard InChI is InChI=1S/C20H16ClN5O/c1-12-5-7-15(8-6-12)26-19-17(13(2)25-26)18(21)16(11-23-19)20(27)24-14-4-3-9-22-10-14/h3-11H,1-2H3,(H,24,27). The van der Waals surface area contributed by atoms with E-state index in [1.807, 2.05) is 38.1 Å². The van der Waals surface area contributed by atoms with Crippen LogP contribution >= 0.6 is 11.6 Å². The third-order valence-corrected chi connectivity index (χ3v) is 4.64. The van der Waals surface area contributed by atoms with Crippen molar-refractivity contribution in [3.05, 3.63) is 76.8 Å². The summed E-state index contributed by atoms with van der Waals surface area (Å²) in [7, 11) is 0. The van der Waals surface area contributed by atoms with Crippen LogP contribution in [0, 0.1) is 13.8 Å². The number of nitrogens with one attached hydrogen (secondary N) is 1. The summed E-state index contributed by atoms with van der Waals surface area (Å²) in [5.74, 6) is -0.343. The van der Waals surface area contributed by atoms with Gasteiger partial charge in [0.1, 0.15) is 0 Å². The van der Waals surface area contributed by atoms with Gasteiger partial charge in [0, 0.05) is 12.4 Å². The van der Waals surface area contributed by atoms with Crippen LogP contribution in [-0.2, 0) is 0 Å². The Balaban J connectivity index is 1.77. The van der Waals surface area contributed by atoms with Gasteiger partial charge in [-0.2, -0.15) is 5.10 Å². The van der Waals surface area contributed by atoms with E-state index in [0.29, 0.717) is 33.0 Å². The highest BCUT2D eigenvalue weighted by Gasteiger charge is 2.20. The SMILES string of the molecule is Cc1ccc(-n2nc(C)c3c(Cl)c(C(=O)Nc4cccnc4)cnc32)cc1. The van der Waals surface area contributed by atoms with Crippen LogP contribution < -0.4 is 5.32 Å². The molecule has 27 heavy (non-hydrogen) atoms. The van der Waals surface area contributed by atoms with E-state index in [1.165, 1.54) is 6.20 Å². The lowest BCUT2D eigenvalue weighted by atomic mass is 10.2. The molecule has 0 aliphatic carbocycles. The first kappa shape index (κ1) is 17.2. The maximum Gasteiger partial charge on any atom is 0.258 e. The lowest BCUT2D eigenvalue weighted by Gasteiger charge is -2.08. The molecule has 0 saturated heterocycles. The van der Waals surface area contributed by atoms with Crippen molar-refractivity contribution >= 4 is 34.2 Å². The summed E-state index contributed by atoms with van der Waals surface area (Å²) >= 11 is 6.56. The molecule has 7 heteroatoms. The molecule has 3 aromatic heterocycles. The number of hydrogen-bond acceptors (Lipinski definition) is 4. The largest absolute Gasteiger partial charge is 0.320 e. The summed E-state index contributed by atoms with van der Waals surface area (Å²) < 4.78 is 1.73. The van der Waals surface area contributed by atoms with E-state index < -0.39 is 0 Å². The Morgan fingerprint density at radius 1 is 1.11 bits per heavy atom. The van der Waals surface area contributed by atoms with Gasteiger partial charge in [0.2, 0.25) is 0 Å². The number of hydrogen-bond donors (Lipinski definition) is 1. The van der Waals surface area contributed by atoms with Crippen molar-refractivity contribution < 1.29 is 4.79 Å². The molecule has 6 nitrogen and oxygen atoms in total. The molecular weight excluding hydrogens is 362 g/mol. The predicted octanol–water partition coefficient (Wildman–Crippen LogP) is 4.34. The maximum atomic E-state index is 12.6. The lowest BCUT2D eigenvalue weighted by molar-refractivity contribution is 0.102. The van der Waals surface area contributed by atoms with Crippen LogP contribution in [0.5, 0.6) is 0 Å². The number of nitrogens with zero attached hydrogens (tertiary/aromatic N) is 4. The van der Waals surface area contributed by atoms with Crippen molar-refractivity contribution in [2.45, 2.75) is 13.8 Å². The Labute approximate surface area is 160 Å².